The zero-order chi connectivity index (χ0) is 30.8. The van der Waals surface area contributed by atoms with Gasteiger partial charge < -0.3 is 23.5 Å². The summed E-state index contributed by atoms with van der Waals surface area (Å²) >= 11 is 1.55. The molecule has 1 N–H and O–H groups in total. The summed E-state index contributed by atoms with van der Waals surface area (Å²) in [6.07, 6.45) is 3.27. The van der Waals surface area contributed by atoms with Gasteiger partial charge in [-0.3, -0.25) is 9.55 Å². The molecule has 44 heavy (non-hydrogen) atoms. The Labute approximate surface area is 262 Å². The number of aromatic nitrogens is 3. The highest BCUT2D eigenvalue weighted by Crippen LogP contribution is 2.50. The van der Waals surface area contributed by atoms with Gasteiger partial charge >= 0.3 is 7.60 Å². The summed E-state index contributed by atoms with van der Waals surface area (Å²) < 4.78 is 33.7. The summed E-state index contributed by atoms with van der Waals surface area (Å²) in [5.41, 5.74) is 3.75. The minimum atomic E-state index is -3.64. The molecule has 0 saturated heterocycles. The summed E-state index contributed by atoms with van der Waals surface area (Å²) in [6.45, 7) is 4.84. The first-order chi connectivity index (χ1) is 21.4. The van der Waals surface area contributed by atoms with E-state index in [1.54, 1.807) is 24.2 Å². The highest BCUT2D eigenvalue weighted by atomic mass is 32.2. The molecule has 10 heteroatoms. The number of nitrogens with zero attached hydrogens (tertiary/aromatic N) is 3. The first kappa shape index (κ1) is 31.7. The minimum absolute atomic E-state index is 0.138. The molecule has 5 aromatic rings. The van der Waals surface area contributed by atoms with Crippen LogP contribution in [-0.2, 0) is 40.0 Å². The van der Waals surface area contributed by atoms with Crippen LogP contribution in [0.2, 0.25) is 0 Å². The second-order valence-corrected chi connectivity index (χ2v) is 13.5. The van der Waals surface area contributed by atoms with E-state index in [1.165, 1.54) is 0 Å². The first-order valence-electron chi connectivity index (χ1n) is 14.4. The molecule has 5 rings (SSSR count). The van der Waals surface area contributed by atoms with E-state index >= 15 is 0 Å². The molecule has 2 heterocycles. The second kappa shape index (κ2) is 15.3. The molecule has 0 aliphatic heterocycles. The van der Waals surface area contributed by atoms with Crippen LogP contribution in [0.5, 0.6) is 5.75 Å². The number of hydrogen-bond donors (Lipinski definition) is 1. The van der Waals surface area contributed by atoms with Crippen LogP contribution in [0.15, 0.2) is 119 Å². The average molecular weight is 630 g/mol. The first-order valence-corrected chi connectivity index (χ1v) is 16.9. The molecular weight excluding hydrogens is 593 g/mol. The van der Waals surface area contributed by atoms with Gasteiger partial charge in [-0.05, 0) is 52.9 Å². The van der Waals surface area contributed by atoms with Gasteiger partial charge in [-0.1, -0.05) is 92.3 Å². The lowest BCUT2D eigenvalue weighted by molar-refractivity contribution is 0.172. The Balaban J connectivity index is 1.34. The molecule has 0 unspecified atom stereocenters. The van der Waals surface area contributed by atoms with Crippen molar-refractivity contribution in [3.8, 4) is 5.75 Å². The molecule has 0 spiro atoms. The predicted octanol–water partition coefficient (Wildman–Crippen LogP) is 8.06. The maximum Gasteiger partial charge on any atom is 0.368 e. The lowest BCUT2D eigenvalue weighted by Gasteiger charge is -2.19. The summed E-state index contributed by atoms with van der Waals surface area (Å²) in [6, 6.07) is 30.6. The van der Waals surface area contributed by atoms with Crippen molar-refractivity contribution >= 4 is 19.4 Å². The number of pyridine rings is 1. The van der Waals surface area contributed by atoms with E-state index in [0.29, 0.717) is 18.1 Å². The van der Waals surface area contributed by atoms with Crippen LogP contribution in [0.4, 0.5) is 0 Å². The highest BCUT2D eigenvalue weighted by Gasteiger charge is 2.27. The van der Waals surface area contributed by atoms with E-state index in [0.717, 1.165) is 32.3 Å². The van der Waals surface area contributed by atoms with Crippen LogP contribution in [0, 0.1) is 0 Å². The van der Waals surface area contributed by atoms with Crippen molar-refractivity contribution in [3.63, 3.8) is 0 Å². The third-order valence-corrected chi connectivity index (χ3v) is 9.36. The Morgan fingerprint density at radius 3 is 2.07 bits per heavy atom. The SMILES string of the molecule is CC(C)c1nc(CO)n(Cc2ccncc2)c1Sc1cccc(OCP(=O)(OCc2ccccc2)OCc2ccccc2)c1. The lowest BCUT2D eigenvalue weighted by atomic mass is 10.1. The molecular formula is C34H36N3O5PS. The number of hydrogen-bond acceptors (Lipinski definition) is 8. The zero-order valence-electron chi connectivity index (χ0n) is 24.8. The molecule has 0 radical (unpaired) electrons. The van der Waals surface area contributed by atoms with Gasteiger partial charge in [0, 0.05) is 17.3 Å². The fourth-order valence-electron chi connectivity index (χ4n) is 4.44. The molecule has 0 saturated carbocycles. The van der Waals surface area contributed by atoms with E-state index in [9.17, 15) is 9.67 Å². The number of aliphatic hydroxyl groups excluding tert-OH is 1. The van der Waals surface area contributed by atoms with Crippen molar-refractivity contribution in [2.75, 3.05) is 6.35 Å². The Hall–Kier alpha value is -3.72. The zero-order valence-corrected chi connectivity index (χ0v) is 26.5. The lowest BCUT2D eigenvalue weighted by Crippen LogP contribution is -2.07. The van der Waals surface area contributed by atoms with Crippen LogP contribution in [0.3, 0.4) is 0 Å². The number of imidazole rings is 1. The molecule has 0 amide bonds. The van der Waals surface area contributed by atoms with E-state index in [1.807, 2.05) is 102 Å². The van der Waals surface area contributed by atoms with Gasteiger partial charge in [-0.2, -0.15) is 0 Å². The van der Waals surface area contributed by atoms with Crippen LogP contribution in [-0.4, -0.2) is 26.0 Å². The standard InChI is InChI=1S/C34H36N3O5PS/c1-26(2)33-34(37(32(22-38)36-33)21-27-16-18-35-19-17-27)44-31-15-9-14-30(20-31)40-25-43(39,41-23-28-10-5-3-6-11-28)42-24-29-12-7-4-8-13-29/h3-20,26,38H,21-25H2,1-2H3. The predicted molar refractivity (Wildman–Crippen MR) is 172 cm³/mol. The molecule has 0 aliphatic carbocycles. The van der Waals surface area contributed by atoms with Gasteiger partial charge in [0.25, 0.3) is 0 Å². The van der Waals surface area contributed by atoms with Gasteiger partial charge in [0.15, 0.2) is 6.35 Å². The van der Waals surface area contributed by atoms with Crippen molar-refractivity contribution in [2.24, 2.45) is 0 Å². The van der Waals surface area contributed by atoms with E-state index in [-0.39, 0.29) is 32.1 Å². The van der Waals surface area contributed by atoms with Crippen molar-refractivity contribution in [1.82, 2.24) is 14.5 Å². The average Bonchev–Trinajstić information content (AvgIpc) is 3.40. The maximum atomic E-state index is 13.9. The molecule has 3 aromatic carbocycles. The Morgan fingerprint density at radius 2 is 1.48 bits per heavy atom. The Bertz CT molecular complexity index is 1620. The highest BCUT2D eigenvalue weighted by molar-refractivity contribution is 7.99. The largest absolute Gasteiger partial charge is 0.481 e. The summed E-state index contributed by atoms with van der Waals surface area (Å²) in [5.74, 6) is 1.29. The number of aliphatic hydroxyl groups is 1. The third-order valence-electron chi connectivity index (χ3n) is 6.75. The smallest absolute Gasteiger partial charge is 0.368 e. The third kappa shape index (κ3) is 8.68. The normalized spacial score (nSPS) is 11.6. The topological polar surface area (TPSA) is 95.7 Å². The quantitative estimate of drug-likeness (QED) is 0.116. The summed E-state index contributed by atoms with van der Waals surface area (Å²) in [5, 5.41) is 11.1. The van der Waals surface area contributed by atoms with Crippen LogP contribution in [0.1, 0.15) is 48.0 Å². The fourth-order valence-corrected chi connectivity index (χ4v) is 6.87. The fraction of sp³-hybridized carbons (Fsp3) is 0.235. The number of benzene rings is 3. The van der Waals surface area contributed by atoms with Crippen molar-refractivity contribution in [2.45, 2.75) is 56.1 Å². The molecule has 228 valence electrons. The Kier molecular flexibility index (Phi) is 11.0. The van der Waals surface area contributed by atoms with E-state index < -0.39 is 7.60 Å². The van der Waals surface area contributed by atoms with Crippen molar-refractivity contribution in [3.05, 3.63) is 138 Å². The van der Waals surface area contributed by atoms with Crippen LogP contribution < -0.4 is 4.74 Å². The molecule has 0 aliphatic rings. The van der Waals surface area contributed by atoms with Crippen molar-refractivity contribution in [1.29, 1.82) is 0 Å². The monoisotopic (exact) mass is 629 g/mol. The summed E-state index contributed by atoms with van der Waals surface area (Å²) in [4.78, 5) is 9.81. The van der Waals surface area contributed by atoms with E-state index in [2.05, 4.69) is 18.8 Å². The van der Waals surface area contributed by atoms with Gasteiger partial charge in [0.2, 0.25) is 0 Å². The van der Waals surface area contributed by atoms with Gasteiger partial charge in [0.1, 0.15) is 23.2 Å². The van der Waals surface area contributed by atoms with Gasteiger partial charge in [-0.25, -0.2) is 4.98 Å². The summed E-state index contributed by atoms with van der Waals surface area (Å²) in [7, 11) is -3.64. The van der Waals surface area contributed by atoms with Crippen molar-refractivity contribution < 1.29 is 23.5 Å². The van der Waals surface area contributed by atoms with Crippen LogP contribution >= 0.6 is 19.4 Å². The molecule has 0 bridgehead atoms. The number of rotatable bonds is 15. The maximum absolute atomic E-state index is 13.9. The minimum Gasteiger partial charge on any atom is -0.481 e. The molecule has 8 nitrogen and oxygen atoms in total. The van der Waals surface area contributed by atoms with Crippen LogP contribution in [0.25, 0.3) is 0 Å². The molecule has 0 atom stereocenters. The Morgan fingerprint density at radius 1 is 0.841 bits per heavy atom. The molecule has 2 aromatic heterocycles. The van der Waals surface area contributed by atoms with Gasteiger partial charge in [0.05, 0.1) is 25.5 Å². The van der Waals surface area contributed by atoms with Gasteiger partial charge in [-0.15, -0.1) is 0 Å². The number of ether oxygens (including phenoxy) is 1. The van der Waals surface area contributed by atoms with E-state index in [4.69, 9.17) is 18.8 Å². The molecule has 0 fully saturated rings. The second-order valence-electron chi connectivity index (χ2n) is 10.5.